The highest BCUT2D eigenvalue weighted by Crippen LogP contribution is 2.22. The molecule has 92 valence electrons. The molecular weight excluding hydrogens is 234 g/mol. The summed E-state index contributed by atoms with van der Waals surface area (Å²) in [5.41, 5.74) is 5.81. The van der Waals surface area contributed by atoms with Crippen molar-refractivity contribution in [2.75, 3.05) is 0 Å². The second-order valence-electron chi connectivity index (χ2n) is 4.75. The number of rotatable bonds is 1. The van der Waals surface area contributed by atoms with E-state index in [0.29, 0.717) is 5.56 Å². The van der Waals surface area contributed by atoms with Gasteiger partial charge >= 0.3 is 0 Å². The van der Waals surface area contributed by atoms with E-state index in [-0.39, 0.29) is 0 Å². The molecule has 3 heteroatoms. The molecule has 0 fully saturated rings. The fourth-order valence-electron chi connectivity index (χ4n) is 2.44. The topological polar surface area (TPSA) is 41.6 Å². The van der Waals surface area contributed by atoms with Crippen molar-refractivity contribution in [1.29, 1.82) is 5.26 Å². The number of nitriles is 1. The van der Waals surface area contributed by atoms with Crippen LogP contribution in [0.3, 0.4) is 0 Å². The number of imidazole rings is 1. The molecule has 3 aromatic rings. The van der Waals surface area contributed by atoms with E-state index >= 15 is 0 Å². The summed E-state index contributed by atoms with van der Waals surface area (Å²) in [7, 11) is 0. The number of para-hydroxylation sites is 1. The maximum Gasteiger partial charge on any atom is 0.101 e. The lowest BCUT2D eigenvalue weighted by Crippen LogP contribution is -1.95. The van der Waals surface area contributed by atoms with Gasteiger partial charge in [-0.1, -0.05) is 12.1 Å². The molecule has 1 aromatic heterocycles. The summed E-state index contributed by atoms with van der Waals surface area (Å²) >= 11 is 0. The molecule has 19 heavy (non-hydrogen) atoms. The molecule has 0 radical (unpaired) electrons. The van der Waals surface area contributed by atoms with Crippen LogP contribution in [0.1, 0.15) is 16.7 Å². The summed E-state index contributed by atoms with van der Waals surface area (Å²) in [6.45, 7) is 4.14. The first kappa shape index (κ1) is 11.5. The van der Waals surface area contributed by atoms with E-state index in [0.717, 1.165) is 16.7 Å². The fourth-order valence-corrected chi connectivity index (χ4v) is 2.44. The smallest absolute Gasteiger partial charge is 0.101 e. The van der Waals surface area contributed by atoms with Gasteiger partial charge in [0, 0.05) is 5.69 Å². The minimum atomic E-state index is 0.647. The van der Waals surface area contributed by atoms with Gasteiger partial charge in [0.2, 0.25) is 0 Å². The molecule has 0 saturated heterocycles. The van der Waals surface area contributed by atoms with Gasteiger partial charge in [-0.15, -0.1) is 0 Å². The summed E-state index contributed by atoms with van der Waals surface area (Å²) < 4.78 is 1.98. The Balaban J connectivity index is 2.34. The normalized spacial score (nSPS) is 10.6. The fraction of sp³-hybridized carbons (Fsp3) is 0.125. The van der Waals surface area contributed by atoms with Crippen LogP contribution < -0.4 is 0 Å². The maximum atomic E-state index is 9.24. The van der Waals surface area contributed by atoms with Crippen LogP contribution in [-0.2, 0) is 0 Å². The molecule has 1 heterocycles. The summed E-state index contributed by atoms with van der Waals surface area (Å²) in [6.07, 6.45) is 1.78. The van der Waals surface area contributed by atoms with Gasteiger partial charge in [0.05, 0.1) is 16.6 Å². The number of fused-ring (bicyclic) bond motifs is 1. The van der Waals surface area contributed by atoms with Crippen LogP contribution in [0.4, 0.5) is 0 Å². The predicted molar refractivity (Wildman–Crippen MR) is 75.3 cm³/mol. The van der Waals surface area contributed by atoms with Crippen LogP contribution in [0, 0.1) is 25.2 Å². The Morgan fingerprint density at radius 3 is 2.53 bits per heavy atom. The van der Waals surface area contributed by atoms with Crippen LogP contribution in [0.25, 0.3) is 16.7 Å². The van der Waals surface area contributed by atoms with E-state index in [2.05, 4.69) is 43.1 Å². The second-order valence-corrected chi connectivity index (χ2v) is 4.75. The monoisotopic (exact) mass is 247 g/mol. The predicted octanol–water partition coefficient (Wildman–Crippen LogP) is 3.51. The number of aryl methyl sites for hydroxylation is 2. The van der Waals surface area contributed by atoms with Gasteiger partial charge in [0.15, 0.2) is 0 Å². The molecule has 0 N–H and O–H groups in total. The number of benzene rings is 2. The summed E-state index contributed by atoms with van der Waals surface area (Å²) in [4.78, 5) is 4.37. The highest BCUT2D eigenvalue weighted by atomic mass is 15.0. The third kappa shape index (κ3) is 1.88. The quantitative estimate of drug-likeness (QED) is 0.660. The van der Waals surface area contributed by atoms with E-state index in [9.17, 15) is 5.26 Å². The highest BCUT2D eigenvalue weighted by molar-refractivity contribution is 5.83. The van der Waals surface area contributed by atoms with Crippen molar-refractivity contribution in [3.63, 3.8) is 0 Å². The van der Waals surface area contributed by atoms with Crippen molar-refractivity contribution < 1.29 is 0 Å². The van der Waals surface area contributed by atoms with Crippen molar-refractivity contribution in [2.45, 2.75) is 13.8 Å². The first-order valence-corrected chi connectivity index (χ1v) is 6.14. The first-order chi connectivity index (χ1) is 9.19. The zero-order valence-electron chi connectivity index (χ0n) is 10.9. The van der Waals surface area contributed by atoms with Gasteiger partial charge in [-0.05, 0) is 49.2 Å². The SMILES string of the molecule is Cc1cc(C)cc(-n2cnc3cccc(C#N)c32)c1. The number of hydrogen-bond donors (Lipinski definition) is 0. The summed E-state index contributed by atoms with van der Waals surface area (Å²) in [5, 5.41) is 9.24. The van der Waals surface area contributed by atoms with Crippen LogP contribution in [0.2, 0.25) is 0 Å². The third-order valence-corrected chi connectivity index (χ3v) is 3.17. The van der Waals surface area contributed by atoms with Gasteiger partial charge in [-0.2, -0.15) is 5.26 Å². The summed E-state index contributed by atoms with van der Waals surface area (Å²) in [6, 6.07) is 14.2. The average Bonchev–Trinajstić information content (AvgIpc) is 2.81. The molecule has 0 aliphatic carbocycles. The molecule has 3 nitrogen and oxygen atoms in total. The van der Waals surface area contributed by atoms with E-state index < -0.39 is 0 Å². The van der Waals surface area contributed by atoms with Crippen LogP contribution in [0.15, 0.2) is 42.7 Å². The van der Waals surface area contributed by atoms with Crippen molar-refractivity contribution >= 4 is 11.0 Å². The molecule has 0 atom stereocenters. The molecule has 3 rings (SSSR count). The Hall–Kier alpha value is -2.60. The Bertz CT molecular complexity index is 786. The minimum absolute atomic E-state index is 0.647. The molecule has 0 unspecified atom stereocenters. The molecule has 0 aliphatic heterocycles. The van der Waals surface area contributed by atoms with Crippen molar-refractivity contribution in [3.8, 4) is 11.8 Å². The zero-order valence-corrected chi connectivity index (χ0v) is 10.9. The number of hydrogen-bond acceptors (Lipinski definition) is 2. The van der Waals surface area contributed by atoms with E-state index in [4.69, 9.17) is 0 Å². The lowest BCUT2D eigenvalue weighted by molar-refractivity contribution is 1.08. The van der Waals surface area contributed by atoms with Crippen molar-refractivity contribution in [1.82, 2.24) is 9.55 Å². The summed E-state index contributed by atoms with van der Waals surface area (Å²) in [5.74, 6) is 0. The first-order valence-electron chi connectivity index (χ1n) is 6.14. The largest absolute Gasteiger partial charge is 0.298 e. The minimum Gasteiger partial charge on any atom is -0.298 e. The molecule has 0 aliphatic rings. The average molecular weight is 247 g/mol. The lowest BCUT2D eigenvalue weighted by atomic mass is 10.1. The van der Waals surface area contributed by atoms with E-state index in [1.807, 2.05) is 22.8 Å². The highest BCUT2D eigenvalue weighted by Gasteiger charge is 2.09. The van der Waals surface area contributed by atoms with Crippen LogP contribution in [-0.4, -0.2) is 9.55 Å². The molecule has 0 bridgehead atoms. The number of nitrogens with zero attached hydrogens (tertiary/aromatic N) is 3. The standard InChI is InChI=1S/C16H13N3/c1-11-6-12(2)8-14(7-11)19-10-18-15-5-3-4-13(9-17)16(15)19/h3-8,10H,1-2H3. The van der Waals surface area contributed by atoms with Crippen LogP contribution >= 0.6 is 0 Å². The van der Waals surface area contributed by atoms with Crippen molar-refractivity contribution in [2.24, 2.45) is 0 Å². The van der Waals surface area contributed by atoms with Gasteiger partial charge in [-0.25, -0.2) is 4.98 Å². The second kappa shape index (κ2) is 4.25. The molecular formula is C16H13N3. The Morgan fingerprint density at radius 2 is 1.84 bits per heavy atom. The van der Waals surface area contributed by atoms with Gasteiger partial charge in [0.1, 0.15) is 12.4 Å². The number of aromatic nitrogens is 2. The molecule has 0 spiro atoms. The maximum absolute atomic E-state index is 9.24. The molecule has 0 saturated carbocycles. The molecule has 2 aromatic carbocycles. The van der Waals surface area contributed by atoms with Gasteiger partial charge in [0.25, 0.3) is 0 Å². The zero-order chi connectivity index (χ0) is 13.4. The molecule has 0 amide bonds. The third-order valence-electron chi connectivity index (χ3n) is 3.17. The van der Waals surface area contributed by atoms with Gasteiger partial charge < -0.3 is 0 Å². The van der Waals surface area contributed by atoms with E-state index in [1.54, 1.807) is 6.33 Å². The van der Waals surface area contributed by atoms with Gasteiger partial charge in [-0.3, -0.25) is 4.57 Å². The Morgan fingerprint density at radius 1 is 1.11 bits per heavy atom. The Labute approximate surface area is 111 Å². The van der Waals surface area contributed by atoms with Crippen molar-refractivity contribution in [3.05, 3.63) is 59.4 Å². The van der Waals surface area contributed by atoms with Crippen LogP contribution in [0.5, 0.6) is 0 Å². The van der Waals surface area contributed by atoms with E-state index in [1.165, 1.54) is 11.1 Å². The lowest BCUT2D eigenvalue weighted by Gasteiger charge is -2.08. The Kier molecular flexibility index (Phi) is 2.57.